The minimum atomic E-state index is 0.291. The van der Waals surface area contributed by atoms with Gasteiger partial charge in [-0.3, -0.25) is 14.6 Å². The number of aromatic nitrogens is 1. The Balaban J connectivity index is 1.29. The fourth-order valence-corrected chi connectivity index (χ4v) is 4.23. The molecule has 6 nitrogen and oxygen atoms in total. The van der Waals surface area contributed by atoms with Crippen LogP contribution < -0.4 is 4.90 Å². The third kappa shape index (κ3) is 3.71. The van der Waals surface area contributed by atoms with Gasteiger partial charge in [-0.05, 0) is 24.5 Å². The molecule has 0 N–H and O–H groups in total. The van der Waals surface area contributed by atoms with Crippen LogP contribution in [0.5, 0.6) is 0 Å². The van der Waals surface area contributed by atoms with Gasteiger partial charge >= 0.3 is 0 Å². The van der Waals surface area contributed by atoms with Gasteiger partial charge in [-0.15, -0.1) is 0 Å². The molecule has 2 aliphatic heterocycles. The van der Waals surface area contributed by atoms with Crippen LogP contribution in [0.4, 0.5) is 5.82 Å². The highest BCUT2D eigenvalue weighted by atomic mass is 16.2. The van der Waals surface area contributed by atoms with Gasteiger partial charge in [0.15, 0.2) is 0 Å². The minimum Gasteiger partial charge on any atom is -0.363 e. The first-order valence-corrected chi connectivity index (χ1v) is 10.0. The van der Waals surface area contributed by atoms with Crippen molar-refractivity contribution >= 4 is 11.7 Å². The fraction of sp³-hybridized carbons (Fsp3) is 0.700. The van der Waals surface area contributed by atoms with Crippen molar-refractivity contribution in [3.63, 3.8) is 0 Å². The van der Waals surface area contributed by atoms with E-state index in [1.807, 2.05) is 19.0 Å². The van der Waals surface area contributed by atoms with Crippen LogP contribution in [-0.2, 0) is 17.8 Å². The Bertz CT molecular complexity index is 650. The Hall–Kier alpha value is -1.66. The van der Waals surface area contributed by atoms with E-state index >= 15 is 0 Å². The van der Waals surface area contributed by atoms with Gasteiger partial charge in [0.05, 0.1) is 6.54 Å². The molecule has 0 unspecified atom stereocenters. The molecule has 3 heterocycles. The molecule has 1 saturated carbocycles. The summed E-state index contributed by atoms with van der Waals surface area (Å²) < 4.78 is 0. The Morgan fingerprint density at radius 1 is 1.15 bits per heavy atom. The lowest BCUT2D eigenvalue weighted by molar-refractivity contribution is -0.135. The molecule has 0 atom stereocenters. The van der Waals surface area contributed by atoms with Crippen molar-refractivity contribution in [1.29, 1.82) is 0 Å². The van der Waals surface area contributed by atoms with Crippen LogP contribution in [0.3, 0.4) is 0 Å². The SMILES string of the molecule is CN(C)c1ccc2c(n1)CCN(CC(=O)N1CCN(C3CCC3)CC1)C2. The summed E-state index contributed by atoms with van der Waals surface area (Å²) in [4.78, 5) is 26.4. The topological polar surface area (TPSA) is 42.9 Å². The number of hydrogen-bond donors (Lipinski definition) is 0. The van der Waals surface area contributed by atoms with Crippen molar-refractivity contribution in [2.24, 2.45) is 0 Å². The number of nitrogens with zero attached hydrogens (tertiary/aromatic N) is 5. The average Bonchev–Trinajstić information content (AvgIpc) is 2.60. The van der Waals surface area contributed by atoms with Gasteiger partial charge in [0, 0.05) is 71.5 Å². The zero-order chi connectivity index (χ0) is 18.1. The lowest BCUT2D eigenvalue weighted by Gasteiger charge is -2.43. The largest absolute Gasteiger partial charge is 0.363 e. The number of fused-ring (bicyclic) bond motifs is 1. The summed E-state index contributed by atoms with van der Waals surface area (Å²) in [5.74, 6) is 1.30. The third-order valence-corrected chi connectivity index (χ3v) is 6.19. The molecule has 6 heteroatoms. The van der Waals surface area contributed by atoms with Crippen molar-refractivity contribution < 1.29 is 4.79 Å². The van der Waals surface area contributed by atoms with Gasteiger partial charge in [-0.25, -0.2) is 4.98 Å². The van der Waals surface area contributed by atoms with Crippen molar-refractivity contribution in [3.8, 4) is 0 Å². The summed E-state index contributed by atoms with van der Waals surface area (Å²) >= 11 is 0. The summed E-state index contributed by atoms with van der Waals surface area (Å²) in [5.41, 5.74) is 2.46. The van der Waals surface area contributed by atoms with Crippen molar-refractivity contribution in [1.82, 2.24) is 19.7 Å². The summed E-state index contributed by atoms with van der Waals surface area (Å²) in [6, 6.07) is 5.04. The standard InChI is InChI=1S/C20H31N5O/c1-22(2)19-7-6-16-14-23(9-8-18(16)21-19)15-20(26)25-12-10-24(11-13-25)17-4-3-5-17/h6-7,17H,3-5,8-15H2,1-2H3. The van der Waals surface area contributed by atoms with Crippen molar-refractivity contribution in [3.05, 3.63) is 23.4 Å². The second kappa shape index (κ2) is 7.53. The predicted octanol–water partition coefficient (Wildman–Crippen LogP) is 1.20. The lowest BCUT2D eigenvalue weighted by Crippen LogP contribution is -2.55. The molecule has 0 bridgehead atoms. The first-order valence-electron chi connectivity index (χ1n) is 10.0. The number of rotatable bonds is 4. The number of anilines is 1. The number of carbonyl (C=O) groups excluding carboxylic acids is 1. The number of piperazine rings is 1. The monoisotopic (exact) mass is 357 g/mol. The Morgan fingerprint density at radius 3 is 2.58 bits per heavy atom. The molecule has 26 heavy (non-hydrogen) atoms. The zero-order valence-corrected chi connectivity index (χ0v) is 16.2. The van der Waals surface area contributed by atoms with Crippen LogP contribution in [0.2, 0.25) is 0 Å². The normalized spacial score (nSPS) is 22.0. The molecule has 4 rings (SSSR count). The smallest absolute Gasteiger partial charge is 0.236 e. The molecule has 142 valence electrons. The van der Waals surface area contributed by atoms with Gasteiger partial charge in [0.1, 0.15) is 5.82 Å². The van der Waals surface area contributed by atoms with E-state index in [1.54, 1.807) is 0 Å². The summed E-state index contributed by atoms with van der Waals surface area (Å²) in [6.07, 6.45) is 5.01. The maximum absolute atomic E-state index is 12.7. The van der Waals surface area contributed by atoms with Gasteiger partial charge in [0.25, 0.3) is 0 Å². The van der Waals surface area contributed by atoms with E-state index in [-0.39, 0.29) is 0 Å². The molecule has 0 spiro atoms. The quantitative estimate of drug-likeness (QED) is 0.810. The summed E-state index contributed by atoms with van der Waals surface area (Å²) in [5, 5.41) is 0. The van der Waals surface area contributed by atoms with E-state index in [0.717, 1.165) is 57.5 Å². The first kappa shape index (κ1) is 17.7. The van der Waals surface area contributed by atoms with Crippen LogP contribution in [0, 0.1) is 0 Å². The predicted molar refractivity (Wildman–Crippen MR) is 103 cm³/mol. The summed E-state index contributed by atoms with van der Waals surface area (Å²) in [7, 11) is 4.04. The van der Waals surface area contributed by atoms with Crippen molar-refractivity contribution in [2.45, 2.75) is 38.3 Å². The molecule has 3 aliphatic rings. The maximum atomic E-state index is 12.7. The third-order valence-electron chi connectivity index (χ3n) is 6.19. The first-order chi connectivity index (χ1) is 12.6. The Morgan fingerprint density at radius 2 is 1.92 bits per heavy atom. The van der Waals surface area contributed by atoms with E-state index in [2.05, 4.69) is 26.8 Å². The molecule has 1 aliphatic carbocycles. The lowest BCUT2D eigenvalue weighted by atomic mass is 9.91. The number of carbonyl (C=O) groups is 1. The Kier molecular flexibility index (Phi) is 5.14. The second-order valence-electron chi connectivity index (χ2n) is 8.13. The van der Waals surface area contributed by atoms with E-state index in [0.29, 0.717) is 12.5 Å². The number of pyridine rings is 1. The van der Waals surface area contributed by atoms with Crippen LogP contribution in [0.1, 0.15) is 30.5 Å². The zero-order valence-electron chi connectivity index (χ0n) is 16.2. The van der Waals surface area contributed by atoms with Crippen LogP contribution in [0.15, 0.2) is 12.1 Å². The van der Waals surface area contributed by atoms with E-state index in [4.69, 9.17) is 4.98 Å². The average molecular weight is 358 g/mol. The molecule has 2 fully saturated rings. The van der Waals surface area contributed by atoms with E-state index in [1.165, 1.54) is 30.5 Å². The van der Waals surface area contributed by atoms with Crippen LogP contribution >= 0.6 is 0 Å². The molecular weight excluding hydrogens is 326 g/mol. The molecule has 0 aromatic carbocycles. The van der Waals surface area contributed by atoms with Gasteiger partial charge in [-0.1, -0.05) is 12.5 Å². The Labute approximate surface area is 156 Å². The highest BCUT2D eigenvalue weighted by Gasteiger charge is 2.30. The van der Waals surface area contributed by atoms with Crippen molar-refractivity contribution in [2.75, 3.05) is 58.3 Å². The van der Waals surface area contributed by atoms with Gasteiger partial charge in [-0.2, -0.15) is 0 Å². The fourth-order valence-electron chi connectivity index (χ4n) is 4.23. The highest BCUT2D eigenvalue weighted by molar-refractivity contribution is 5.78. The molecule has 1 amide bonds. The van der Waals surface area contributed by atoms with Crippen LogP contribution in [0.25, 0.3) is 0 Å². The molecule has 0 radical (unpaired) electrons. The molecule has 1 aromatic heterocycles. The second-order valence-corrected chi connectivity index (χ2v) is 8.13. The summed E-state index contributed by atoms with van der Waals surface area (Å²) in [6.45, 7) is 6.20. The maximum Gasteiger partial charge on any atom is 0.236 e. The molecular formula is C20H31N5O. The van der Waals surface area contributed by atoms with E-state index < -0.39 is 0 Å². The number of amides is 1. The molecule has 1 aromatic rings. The van der Waals surface area contributed by atoms with Crippen LogP contribution in [-0.4, -0.2) is 85.0 Å². The minimum absolute atomic E-state index is 0.291. The highest BCUT2D eigenvalue weighted by Crippen LogP contribution is 2.25. The van der Waals surface area contributed by atoms with E-state index in [9.17, 15) is 4.79 Å². The van der Waals surface area contributed by atoms with Gasteiger partial charge < -0.3 is 9.80 Å². The van der Waals surface area contributed by atoms with Gasteiger partial charge in [0.2, 0.25) is 5.91 Å². The molecule has 1 saturated heterocycles. The number of hydrogen-bond acceptors (Lipinski definition) is 5.